The Bertz CT molecular complexity index is 447. The van der Waals surface area contributed by atoms with E-state index in [0.29, 0.717) is 17.8 Å². The van der Waals surface area contributed by atoms with Gasteiger partial charge < -0.3 is 19.5 Å². The van der Waals surface area contributed by atoms with Gasteiger partial charge in [-0.05, 0) is 35.1 Å². The fourth-order valence-corrected chi connectivity index (χ4v) is 1.72. The number of hydrogen-bond acceptors (Lipinski definition) is 4. The lowest BCUT2D eigenvalue weighted by molar-refractivity contribution is -0.130. The fraction of sp³-hybridized carbons (Fsp3) is 0.500. The van der Waals surface area contributed by atoms with Gasteiger partial charge in [0.25, 0.3) is 5.91 Å². The Hall–Kier alpha value is -1.34. The molecule has 0 saturated carbocycles. The van der Waals surface area contributed by atoms with E-state index in [4.69, 9.17) is 4.42 Å². The molecule has 0 aromatic carbocycles. The third-order valence-corrected chi connectivity index (χ3v) is 3.05. The van der Waals surface area contributed by atoms with Gasteiger partial charge in [0.2, 0.25) is 5.91 Å². The molecule has 1 rings (SSSR count). The standard InChI is InChI=1S/C12H18BrN3O3/c1-14-6-7-15(2)11(17)8-16(3)12(18)9-4-5-10(13)19-9/h4-5,14H,6-8H2,1-3H3. The summed E-state index contributed by atoms with van der Waals surface area (Å²) in [4.78, 5) is 26.7. The maximum atomic E-state index is 12.0. The van der Waals surface area contributed by atoms with Crippen LogP contribution in [0.1, 0.15) is 10.6 Å². The molecule has 1 aromatic heterocycles. The molecule has 2 amide bonds. The van der Waals surface area contributed by atoms with Crippen molar-refractivity contribution in [2.24, 2.45) is 0 Å². The predicted octanol–water partition coefficient (Wildman–Crippen LogP) is 0.792. The van der Waals surface area contributed by atoms with Crippen LogP contribution in [0.25, 0.3) is 0 Å². The number of furan rings is 1. The van der Waals surface area contributed by atoms with Crippen molar-refractivity contribution in [2.45, 2.75) is 0 Å². The summed E-state index contributed by atoms with van der Waals surface area (Å²) >= 11 is 3.13. The number of likely N-dealkylation sites (N-methyl/N-ethyl adjacent to an activating group) is 3. The lowest BCUT2D eigenvalue weighted by Gasteiger charge is -2.21. The average molecular weight is 332 g/mol. The SMILES string of the molecule is CNCCN(C)C(=O)CN(C)C(=O)c1ccc(Br)o1. The molecule has 7 heteroatoms. The van der Waals surface area contributed by atoms with Gasteiger partial charge in [0.15, 0.2) is 10.4 Å². The summed E-state index contributed by atoms with van der Waals surface area (Å²) in [7, 11) is 5.10. The van der Waals surface area contributed by atoms with Gasteiger partial charge in [0.05, 0.1) is 6.54 Å². The van der Waals surface area contributed by atoms with Gasteiger partial charge in [-0.3, -0.25) is 9.59 Å². The van der Waals surface area contributed by atoms with Crippen LogP contribution in [0.5, 0.6) is 0 Å². The second kappa shape index (κ2) is 7.30. The maximum Gasteiger partial charge on any atom is 0.289 e. The largest absolute Gasteiger partial charge is 0.444 e. The molecular formula is C12H18BrN3O3. The number of nitrogens with one attached hydrogen (secondary N) is 1. The highest BCUT2D eigenvalue weighted by Crippen LogP contribution is 2.15. The molecule has 0 atom stereocenters. The molecule has 106 valence electrons. The molecular weight excluding hydrogens is 314 g/mol. The second-order valence-corrected chi connectivity index (χ2v) is 4.97. The van der Waals surface area contributed by atoms with Crippen LogP contribution in [0.2, 0.25) is 0 Å². The topological polar surface area (TPSA) is 65.8 Å². The van der Waals surface area contributed by atoms with Crippen molar-refractivity contribution >= 4 is 27.7 Å². The molecule has 0 aliphatic carbocycles. The zero-order valence-corrected chi connectivity index (χ0v) is 12.9. The number of carbonyl (C=O) groups is 2. The van der Waals surface area contributed by atoms with Gasteiger partial charge in [0.1, 0.15) is 0 Å². The Labute approximate surface area is 120 Å². The summed E-state index contributed by atoms with van der Waals surface area (Å²) in [5.41, 5.74) is 0. The van der Waals surface area contributed by atoms with Crippen molar-refractivity contribution < 1.29 is 14.0 Å². The van der Waals surface area contributed by atoms with Crippen molar-refractivity contribution in [2.75, 3.05) is 40.8 Å². The monoisotopic (exact) mass is 331 g/mol. The zero-order valence-electron chi connectivity index (χ0n) is 11.3. The molecule has 0 aliphatic heterocycles. The number of rotatable bonds is 6. The molecule has 0 fully saturated rings. The van der Waals surface area contributed by atoms with Crippen LogP contribution >= 0.6 is 15.9 Å². The van der Waals surface area contributed by atoms with E-state index < -0.39 is 0 Å². The highest BCUT2D eigenvalue weighted by Gasteiger charge is 2.19. The smallest absolute Gasteiger partial charge is 0.289 e. The fourth-order valence-electron chi connectivity index (χ4n) is 1.42. The highest BCUT2D eigenvalue weighted by atomic mass is 79.9. The summed E-state index contributed by atoms with van der Waals surface area (Å²) in [6.45, 7) is 1.34. The Balaban J connectivity index is 2.52. The van der Waals surface area contributed by atoms with Gasteiger partial charge in [-0.15, -0.1) is 0 Å². The van der Waals surface area contributed by atoms with Gasteiger partial charge in [-0.1, -0.05) is 0 Å². The van der Waals surface area contributed by atoms with Gasteiger partial charge >= 0.3 is 0 Å². The summed E-state index contributed by atoms with van der Waals surface area (Å²) in [6.07, 6.45) is 0. The van der Waals surface area contributed by atoms with Crippen molar-refractivity contribution in [3.05, 3.63) is 22.6 Å². The third kappa shape index (κ3) is 4.68. The number of carbonyl (C=O) groups excluding carboxylic acids is 2. The molecule has 19 heavy (non-hydrogen) atoms. The van der Waals surface area contributed by atoms with E-state index in [1.807, 2.05) is 7.05 Å². The maximum absolute atomic E-state index is 12.0. The van der Waals surface area contributed by atoms with Crippen molar-refractivity contribution in [3.8, 4) is 0 Å². The second-order valence-electron chi connectivity index (χ2n) is 4.18. The minimum Gasteiger partial charge on any atom is -0.444 e. The minimum atomic E-state index is -0.318. The quantitative estimate of drug-likeness (QED) is 0.837. The summed E-state index contributed by atoms with van der Waals surface area (Å²) in [5.74, 6) is -0.224. The van der Waals surface area contributed by atoms with Crippen molar-refractivity contribution in [1.82, 2.24) is 15.1 Å². The van der Waals surface area contributed by atoms with Gasteiger partial charge in [0, 0.05) is 27.2 Å². The molecule has 0 saturated heterocycles. The lowest BCUT2D eigenvalue weighted by atomic mass is 10.3. The van der Waals surface area contributed by atoms with Crippen LogP contribution < -0.4 is 5.32 Å². The Morgan fingerprint density at radius 1 is 1.32 bits per heavy atom. The van der Waals surface area contributed by atoms with E-state index in [-0.39, 0.29) is 24.1 Å². The van der Waals surface area contributed by atoms with E-state index in [9.17, 15) is 9.59 Å². The van der Waals surface area contributed by atoms with Crippen LogP contribution in [0.4, 0.5) is 0 Å². The van der Waals surface area contributed by atoms with Crippen molar-refractivity contribution in [1.29, 1.82) is 0 Å². The first-order chi connectivity index (χ1) is 8.95. The molecule has 0 aliphatic rings. The molecule has 0 radical (unpaired) electrons. The highest BCUT2D eigenvalue weighted by molar-refractivity contribution is 9.10. The first-order valence-corrected chi connectivity index (χ1v) is 6.64. The van der Waals surface area contributed by atoms with Crippen LogP contribution in [-0.4, -0.2) is 62.4 Å². The zero-order chi connectivity index (χ0) is 14.4. The molecule has 1 N–H and O–H groups in total. The third-order valence-electron chi connectivity index (χ3n) is 2.63. The van der Waals surface area contributed by atoms with E-state index >= 15 is 0 Å². The van der Waals surface area contributed by atoms with E-state index in [2.05, 4.69) is 21.2 Å². The average Bonchev–Trinajstić information content (AvgIpc) is 2.81. The van der Waals surface area contributed by atoms with Crippen LogP contribution in [0.3, 0.4) is 0 Å². The normalized spacial score (nSPS) is 10.3. The number of halogens is 1. The number of nitrogens with zero attached hydrogens (tertiary/aromatic N) is 2. The van der Waals surface area contributed by atoms with Crippen LogP contribution in [-0.2, 0) is 4.79 Å². The number of amides is 2. The molecule has 1 aromatic rings. The molecule has 6 nitrogen and oxygen atoms in total. The van der Waals surface area contributed by atoms with E-state index in [0.717, 1.165) is 0 Å². The molecule has 0 unspecified atom stereocenters. The van der Waals surface area contributed by atoms with E-state index in [1.165, 1.54) is 4.90 Å². The summed E-state index contributed by atoms with van der Waals surface area (Å²) in [5, 5.41) is 2.96. The minimum absolute atomic E-state index is 0.0252. The van der Waals surface area contributed by atoms with Gasteiger partial charge in [-0.25, -0.2) is 0 Å². The molecule has 1 heterocycles. The van der Waals surface area contributed by atoms with E-state index in [1.54, 1.807) is 31.1 Å². The predicted molar refractivity (Wildman–Crippen MR) is 74.9 cm³/mol. The summed E-state index contributed by atoms with van der Waals surface area (Å²) in [6, 6.07) is 3.21. The van der Waals surface area contributed by atoms with Crippen molar-refractivity contribution in [3.63, 3.8) is 0 Å². The Morgan fingerprint density at radius 3 is 2.53 bits per heavy atom. The number of hydrogen-bond donors (Lipinski definition) is 1. The Morgan fingerprint density at radius 2 is 2.00 bits per heavy atom. The lowest BCUT2D eigenvalue weighted by Crippen LogP contribution is -2.41. The first-order valence-electron chi connectivity index (χ1n) is 5.85. The molecule has 0 spiro atoms. The summed E-state index contributed by atoms with van der Waals surface area (Å²) < 4.78 is 5.65. The molecule has 0 bridgehead atoms. The van der Waals surface area contributed by atoms with Crippen LogP contribution in [0, 0.1) is 0 Å². The Kier molecular flexibility index (Phi) is 6.04. The van der Waals surface area contributed by atoms with Gasteiger partial charge in [-0.2, -0.15) is 0 Å². The van der Waals surface area contributed by atoms with Crippen LogP contribution in [0.15, 0.2) is 21.2 Å². The first kappa shape index (κ1) is 15.7.